The molecule has 1 N–H and O–H groups in total. The van der Waals surface area contributed by atoms with Crippen LogP contribution in [0.2, 0.25) is 0 Å². The van der Waals surface area contributed by atoms with Crippen molar-refractivity contribution < 1.29 is 9.53 Å². The van der Waals surface area contributed by atoms with E-state index in [9.17, 15) is 4.79 Å². The van der Waals surface area contributed by atoms with Crippen LogP contribution in [0, 0.1) is 0 Å². The summed E-state index contributed by atoms with van der Waals surface area (Å²) in [5.41, 5.74) is 0.950. The quantitative estimate of drug-likeness (QED) is 0.909. The number of piperazine rings is 1. The molecule has 5 heteroatoms. The van der Waals surface area contributed by atoms with E-state index in [0.29, 0.717) is 0 Å². The molecule has 1 aromatic rings. The van der Waals surface area contributed by atoms with Gasteiger partial charge in [0.05, 0.1) is 7.11 Å². The van der Waals surface area contributed by atoms with Crippen molar-refractivity contribution in [3.05, 3.63) is 24.3 Å². The van der Waals surface area contributed by atoms with E-state index in [1.807, 2.05) is 43.9 Å². The Bertz CT molecular complexity index is 489. The van der Waals surface area contributed by atoms with Gasteiger partial charge in [-0.2, -0.15) is 0 Å². The maximum atomic E-state index is 12.1. The fourth-order valence-corrected chi connectivity index (χ4v) is 2.37. The molecule has 0 saturated carbocycles. The molecule has 0 bridgehead atoms. The van der Waals surface area contributed by atoms with Gasteiger partial charge in [0.15, 0.2) is 0 Å². The van der Waals surface area contributed by atoms with Crippen LogP contribution < -0.4 is 15.0 Å². The van der Waals surface area contributed by atoms with Gasteiger partial charge in [-0.05, 0) is 32.9 Å². The number of urea groups is 1. The first kappa shape index (κ1) is 15.5. The molecule has 0 atom stereocenters. The first-order valence-electron chi connectivity index (χ1n) is 7.35. The van der Waals surface area contributed by atoms with Crippen LogP contribution in [0.15, 0.2) is 24.3 Å². The largest absolute Gasteiger partial charge is 0.497 e. The summed E-state index contributed by atoms with van der Waals surface area (Å²) in [5, 5.41) is 3.01. The molecule has 116 valence electrons. The molecule has 1 aliphatic heterocycles. The van der Waals surface area contributed by atoms with Gasteiger partial charge in [0, 0.05) is 43.5 Å². The number of anilines is 1. The standard InChI is InChI=1S/C16H25N3O2/c1-16(2,3)17-15(20)19-10-8-18(9-11-19)13-6-5-7-14(12-13)21-4/h5-7,12H,8-11H2,1-4H3,(H,17,20). The molecule has 2 rings (SSSR count). The lowest BCUT2D eigenvalue weighted by atomic mass is 10.1. The van der Waals surface area contributed by atoms with E-state index >= 15 is 0 Å². The second-order valence-corrected chi connectivity index (χ2v) is 6.36. The van der Waals surface area contributed by atoms with Crippen LogP contribution >= 0.6 is 0 Å². The summed E-state index contributed by atoms with van der Waals surface area (Å²) in [6.45, 7) is 9.14. The first-order chi connectivity index (χ1) is 9.89. The van der Waals surface area contributed by atoms with E-state index in [1.54, 1.807) is 7.11 Å². The summed E-state index contributed by atoms with van der Waals surface area (Å²) >= 11 is 0. The molecule has 0 aromatic heterocycles. The Balaban J connectivity index is 1.92. The van der Waals surface area contributed by atoms with Crippen LogP contribution in [-0.2, 0) is 0 Å². The molecule has 0 aliphatic carbocycles. The molecule has 2 amide bonds. The monoisotopic (exact) mass is 291 g/mol. The molecule has 0 unspecified atom stereocenters. The third kappa shape index (κ3) is 4.28. The van der Waals surface area contributed by atoms with Crippen LogP contribution in [0.25, 0.3) is 0 Å². The van der Waals surface area contributed by atoms with Crippen molar-refractivity contribution in [2.24, 2.45) is 0 Å². The zero-order chi connectivity index (χ0) is 15.5. The van der Waals surface area contributed by atoms with Gasteiger partial charge in [-0.1, -0.05) is 6.07 Å². The Kier molecular flexibility index (Phi) is 4.60. The minimum absolute atomic E-state index is 0.0211. The zero-order valence-electron chi connectivity index (χ0n) is 13.3. The maximum Gasteiger partial charge on any atom is 0.317 e. The lowest BCUT2D eigenvalue weighted by Crippen LogP contribution is -2.55. The summed E-state index contributed by atoms with van der Waals surface area (Å²) in [4.78, 5) is 16.3. The predicted octanol–water partition coefficient (Wildman–Crippen LogP) is 2.33. The Hall–Kier alpha value is -1.91. The van der Waals surface area contributed by atoms with Crippen molar-refractivity contribution in [2.75, 3.05) is 38.2 Å². The van der Waals surface area contributed by atoms with Gasteiger partial charge >= 0.3 is 6.03 Å². The topological polar surface area (TPSA) is 44.8 Å². The molecule has 1 saturated heterocycles. The maximum absolute atomic E-state index is 12.1. The van der Waals surface area contributed by atoms with E-state index in [0.717, 1.165) is 37.6 Å². The zero-order valence-corrected chi connectivity index (χ0v) is 13.3. The van der Waals surface area contributed by atoms with Crippen LogP contribution in [0.4, 0.5) is 10.5 Å². The van der Waals surface area contributed by atoms with Crippen LogP contribution in [-0.4, -0.2) is 49.8 Å². The van der Waals surface area contributed by atoms with Gasteiger partial charge in [0.2, 0.25) is 0 Å². The number of rotatable bonds is 2. The van der Waals surface area contributed by atoms with Crippen molar-refractivity contribution in [3.63, 3.8) is 0 Å². The van der Waals surface area contributed by atoms with Crippen LogP contribution in [0.1, 0.15) is 20.8 Å². The molecular weight excluding hydrogens is 266 g/mol. The number of nitrogens with zero attached hydrogens (tertiary/aromatic N) is 2. The molecule has 0 spiro atoms. The van der Waals surface area contributed by atoms with Gasteiger partial charge in [-0.15, -0.1) is 0 Å². The van der Waals surface area contributed by atoms with Crippen molar-refractivity contribution >= 4 is 11.7 Å². The summed E-state index contributed by atoms with van der Waals surface area (Å²) < 4.78 is 5.26. The lowest BCUT2D eigenvalue weighted by Gasteiger charge is -2.37. The highest BCUT2D eigenvalue weighted by Gasteiger charge is 2.24. The highest BCUT2D eigenvalue weighted by Crippen LogP contribution is 2.22. The first-order valence-corrected chi connectivity index (χ1v) is 7.35. The summed E-state index contributed by atoms with van der Waals surface area (Å²) in [5.74, 6) is 0.861. The van der Waals surface area contributed by atoms with Gasteiger partial charge in [0.25, 0.3) is 0 Å². The smallest absolute Gasteiger partial charge is 0.317 e. The second-order valence-electron chi connectivity index (χ2n) is 6.36. The molecule has 1 aromatic carbocycles. The predicted molar refractivity (Wildman–Crippen MR) is 85.1 cm³/mol. The molecular formula is C16H25N3O2. The number of ether oxygens (including phenoxy) is 1. The number of amides is 2. The normalized spacial score (nSPS) is 15.8. The number of benzene rings is 1. The minimum Gasteiger partial charge on any atom is -0.497 e. The number of hydrogen-bond donors (Lipinski definition) is 1. The van der Waals surface area contributed by atoms with Gasteiger partial charge in [-0.3, -0.25) is 0 Å². The van der Waals surface area contributed by atoms with E-state index in [-0.39, 0.29) is 11.6 Å². The summed E-state index contributed by atoms with van der Waals surface area (Å²) in [7, 11) is 1.67. The molecule has 5 nitrogen and oxygen atoms in total. The van der Waals surface area contributed by atoms with Crippen molar-refractivity contribution in [1.29, 1.82) is 0 Å². The third-order valence-electron chi connectivity index (χ3n) is 3.47. The second kappa shape index (κ2) is 6.24. The highest BCUT2D eigenvalue weighted by molar-refractivity contribution is 5.75. The summed E-state index contributed by atoms with van der Waals surface area (Å²) in [6, 6.07) is 8.06. The van der Waals surface area contributed by atoms with Crippen molar-refractivity contribution in [2.45, 2.75) is 26.3 Å². The van der Waals surface area contributed by atoms with E-state index < -0.39 is 0 Å². The minimum atomic E-state index is -0.193. The van der Waals surface area contributed by atoms with Gasteiger partial charge in [-0.25, -0.2) is 4.79 Å². The Morgan fingerprint density at radius 2 is 1.86 bits per heavy atom. The summed E-state index contributed by atoms with van der Waals surface area (Å²) in [6.07, 6.45) is 0. The number of nitrogens with one attached hydrogen (secondary N) is 1. The molecule has 0 radical (unpaired) electrons. The van der Waals surface area contributed by atoms with Crippen LogP contribution in [0.3, 0.4) is 0 Å². The SMILES string of the molecule is COc1cccc(N2CCN(C(=O)NC(C)(C)C)CC2)c1. The molecule has 1 aliphatic rings. The van der Waals surface area contributed by atoms with Crippen molar-refractivity contribution in [1.82, 2.24) is 10.2 Å². The highest BCUT2D eigenvalue weighted by atomic mass is 16.5. The molecule has 1 heterocycles. The van der Waals surface area contributed by atoms with E-state index in [2.05, 4.69) is 16.3 Å². The number of methoxy groups -OCH3 is 1. The van der Waals surface area contributed by atoms with Gasteiger partial charge in [0.1, 0.15) is 5.75 Å². The number of hydrogen-bond acceptors (Lipinski definition) is 3. The average molecular weight is 291 g/mol. The van der Waals surface area contributed by atoms with E-state index in [1.165, 1.54) is 0 Å². The van der Waals surface area contributed by atoms with Gasteiger partial charge < -0.3 is 19.9 Å². The number of carbonyl (C=O) groups is 1. The fraction of sp³-hybridized carbons (Fsp3) is 0.562. The van der Waals surface area contributed by atoms with E-state index in [4.69, 9.17) is 4.74 Å². The fourth-order valence-electron chi connectivity index (χ4n) is 2.37. The molecule has 1 fully saturated rings. The molecule has 21 heavy (non-hydrogen) atoms. The van der Waals surface area contributed by atoms with Crippen LogP contribution in [0.5, 0.6) is 5.75 Å². The van der Waals surface area contributed by atoms with Crippen molar-refractivity contribution in [3.8, 4) is 5.75 Å². The third-order valence-corrected chi connectivity index (χ3v) is 3.47. The Morgan fingerprint density at radius 3 is 2.43 bits per heavy atom. The Morgan fingerprint density at radius 1 is 1.19 bits per heavy atom. The average Bonchev–Trinajstić information content (AvgIpc) is 2.46. The number of carbonyl (C=O) groups excluding carboxylic acids is 1. The lowest BCUT2D eigenvalue weighted by molar-refractivity contribution is 0.185. The Labute approximate surface area is 126 Å².